The Hall–Kier alpha value is -1.86. The molecule has 0 saturated heterocycles. The molecular weight excluding hydrogens is 560 g/mol. The fourth-order valence-corrected chi connectivity index (χ4v) is 8.77. The van der Waals surface area contributed by atoms with Crippen LogP contribution < -0.4 is 0 Å². The summed E-state index contributed by atoms with van der Waals surface area (Å²) in [4.78, 5) is 0. The maximum Gasteiger partial charge on any atom is 0.0220 e. The van der Waals surface area contributed by atoms with Crippen LogP contribution in [0.15, 0.2) is 59.1 Å². The Morgan fingerprint density at radius 2 is 0.878 bits per heavy atom. The first kappa shape index (κ1) is 30.6. The molecule has 0 spiro atoms. The summed E-state index contributed by atoms with van der Waals surface area (Å²) in [5, 5.41) is 0. The van der Waals surface area contributed by atoms with Gasteiger partial charge in [0.1, 0.15) is 0 Å². The van der Waals surface area contributed by atoms with Gasteiger partial charge in [0.2, 0.25) is 0 Å². The first-order valence-electron chi connectivity index (χ1n) is 16.7. The van der Waals surface area contributed by atoms with Crippen LogP contribution in [-0.4, -0.2) is 0 Å². The highest BCUT2D eigenvalue weighted by molar-refractivity contribution is 9.10. The van der Waals surface area contributed by atoms with Gasteiger partial charge in [-0.25, -0.2) is 0 Å². The van der Waals surface area contributed by atoms with E-state index in [-0.39, 0.29) is 10.8 Å². The van der Waals surface area contributed by atoms with Crippen LogP contribution in [0.3, 0.4) is 0 Å². The Kier molecular flexibility index (Phi) is 8.97. The molecule has 0 aliphatic heterocycles. The van der Waals surface area contributed by atoms with Crippen molar-refractivity contribution in [2.24, 2.45) is 23.7 Å². The van der Waals surface area contributed by atoms with Gasteiger partial charge in [-0.05, 0) is 118 Å². The Labute approximate surface area is 259 Å². The van der Waals surface area contributed by atoms with E-state index in [0.29, 0.717) is 23.7 Å². The largest absolute Gasteiger partial charge is 0.0651 e. The van der Waals surface area contributed by atoms with Gasteiger partial charge in [0.15, 0.2) is 0 Å². The number of fused-ring (bicyclic) bond motifs is 6. The van der Waals surface area contributed by atoms with Crippen molar-refractivity contribution >= 4 is 15.9 Å². The summed E-state index contributed by atoms with van der Waals surface area (Å²) in [6.45, 7) is 19.4. The molecule has 0 aromatic heterocycles. The summed E-state index contributed by atoms with van der Waals surface area (Å²) in [5.74, 6) is 2.72. The van der Waals surface area contributed by atoms with Crippen LogP contribution in [0.2, 0.25) is 0 Å². The molecule has 220 valence electrons. The Morgan fingerprint density at radius 3 is 1.34 bits per heavy atom. The van der Waals surface area contributed by atoms with Crippen molar-refractivity contribution in [3.63, 3.8) is 0 Å². The zero-order valence-corrected chi connectivity index (χ0v) is 28.6. The number of hydrogen-bond acceptors (Lipinski definition) is 0. The molecule has 2 aliphatic rings. The van der Waals surface area contributed by atoms with Gasteiger partial charge in [0, 0.05) is 15.3 Å². The van der Waals surface area contributed by atoms with Gasteiger partial charge in [0.25, 0.3) is 0 Å². The number of halogens is 1. The molecule has 0 amide bonds. The maximum absolute atomic E-state index is 3.89. The van der Waals surface area contributed by atoms with E-state index in [0.717, 1.165) is 0 Å². The third kappa shape index (κ3) is 5.17. The zero-order valence-electron chi connectivity index (χ0n) is 27.0. The van der Waals surface area contributed by atoms with Crippen LogP contribution >= 0.6 is 15.9 Å². The number of benzene rings is 3. The van der Waals surface area contributed by atoms with Gasteiger partial charge in [-0.15, -0.1) is 0 Å². The average Bonchev–Trinajstić information content (AvgIpc) is 3.38. The second kappa shape index (κ2) is 12.0. The van der Waals surface area contributed by atoms with Gasteiger partial charge < -0.3 is 0 Å². The normalized spacial score (nSPS) is 23.3. The van der Waals surface area contributed by atoms with E-state index in [1.165, 1.54) is 78.1 Å². The number of rotatable bonds is 12. The second-order valence-corrected chi connectivity index (χ2v) is 15.1. The topological polar surface area (TPSA) is 0 Å². The smallest absolute Gasteiger partial charge is 0.0220 e. The summed E-state index contributed by atoms with van der Waals surface area (Å²) < 4.78 is 1.21. The van der Waals surface area contributed by atoms with Crippen molar-refractivity contribution in [2.45, 2.75) is 118 Å². The van der Waals surface area contributed by atoms with Crippen molar-refractivity contribution in [3.05, 3.63) is 81.3 Å². The molecule has 3 aromatic rings. The highest BCUT2D eigenvalue weighted by Gasteiger charge is 2.49. The molecule has 0 nitrogen and oxygen atoms in total. The van der Waals surface area contributed by atoms with Crippen LogP contribution in [0.4, 0.5) is 0 Å². The van der Waals surface area contributed by atoms with Crippen molar-refractivity contribution in [3.8, 4) is 22.3 Å². The zero-order chi connectivity index (χ0) is 29.5. The Bertz CT molecular complexity index is 1360. The highest BCUT2D eigenvalue weighted by atomic mass is 79.9. The lowest BCUT2D eigenvalue weighted by molar-refractivity contribution is 0.306. The van der Waals surface area contributed by atoms with Crippen LogP contribution in [0.5, 0.6) is 0 Å². The Morgan fingerprint density at radius 1 is 0.488 bits per heavy atom. The van der Waals surface area contributed by atoms with Crippen LogP contribution in [0, 0.1) is 23.7 Å². The first-order chi connectivity index (χ1) is 19.6. The van der Waals surface area contributed by atoms with Gasteiger partial charge in [-0.2, -0.15) is 0 Å². The first-order valence-corrected chi connectivity index (χ1v) is 17.5. The lowest BCUT2D eigenvalue weighted by Crippen LogP contribution is -2.31. The molecule has 0 heterocycles. The van der Waals surface area contributed by atoms with E-state index in [2.05, 4.69) is 126 Å². The quantitative estimate of drug-likeness (QED) is 0.191. The van der Waals surface area contributed by atoms with Crippen molar-refractivity contribution in [1.82, 2.24) is 0 Å². The lowest BCUT2D eigenvalue weighted by Gasteiger charge is -2.38. The van der Waals surface area contributed by atoms with Crippen molar-refractivity contribution in [2.75, 3.05) is 0 Å². The molecule has 0 bridgehead atoms. The second-order valence-electron chi connectivity index (χ2n) is 14.2. The predicted molar refractivity (Wildman–Crippen MR) is 183 cm³/mol. The van der Waals surface area contributed by atoms with Gasteiger partial charge in [-0.3, -0.25) is 0 Å². The third-order valence-corrected chi connectivity index (χ3v) is 11.8. The molecule has 4 atom stereocenters. The fourth-order valence-electron chi connectivity index (χ4n) is 8.41. The minimum Gasteiger partial charge on any atom is -0.0651 e. The molecule has 5 rings (SSSR count). The van der Waals surface area contributed by atoms with E-state index < -0.39 is 0 Å². The monoisotopic (exact) mass is 612 g/mol. The van der Waals surface area contributed by atoms with E-state index in [1.807, 2.05) is 0 Å². The summed E-state index contributed by atoms with van der Waals surface area (Å²) >= 11 is 3.89. The van der Waals surface area contributed by atoms with Crippen molar-refractivity contribution < 1.29 is 0 Å². The molecule has 2 aliphatic carbocycles. The lowest BCUT2D eigenvalue weighted by atomic mass is 9.65. The molecule has 3 aromatic carbocycles. The molecule has 41 heavy (non-hydrogen) atoms. The van der Waals surface area contributed by atoms with Gasteiger partial charge in [-0.1, -0.05) is 127 Å². The van der Waals surface area contributed by atoms with Gasteiger partial charge >= 0.3 is 0 Å². The summed E-state index contributed by atoms with van der Waals surface area (Å²) in [7, 11) is 0. The standard InChI is InChI=1S/C40H53Br/c1-9-26(5)22-39(23-27(6)10-2)35-16-14-13-15-31(35)33-20-38-34(21-37(33)39)32-18-17-30(41)19-36(32)40(38,24-28(7)11-3)25-29(8)12-4/h13-21,26-29H,9-12,22-25H2,1-8H3. The van der Waals surface area contributed by atoms with Crippen LogP contribution in [-0.2, 0) is 10.8 Å². The average molecular weight is 614 g/mol. The minimum atomic E-state index is 0.0575. The van der Waals surface area contributed by atoms with E-state index in [4.69, 9.17) is 0 Å². The van der Waals surface area contributed by atoms with E-state index in [9.17, 15) is 0 Å². The van der Waals surface area contributed by atoms with E-state index >= 15 is 0 Å². The fraction of sp³-hybridized carbons (Fsp3) is 0.550. The summed E-state index contributed by atoms with van der Waals surface area (Å²) in [6.07, 6.45) is 9.81. The van der Waals surface area contributed by atoms with Crippen molar-refractivity contribution in [1.29, 1.82) is 0 Å². The molecule has 0 fully saturated rings. The SMILES string of the molecule is CCC(C)CC1(CC(C)CC)c2ccccc2-c2cc3c(cc21)-c1ccc(Br)cc1C3(CC(C)CC)CC(C)CC. The molecular formula is C40H53Br. The molecule has 0 radical (unpaired) electrons. The van der Waals surface area contributed by atoms with Gasteiger partial charge in [0.05, 0.1) is 0 Å². The van der Waals surface area contributed by atoms with E-state index in [1.54, 1.807) is 22.3 Å². The molecule has 0 N–H and O–H groups in total. The Balaban J connectivity index is 1.84. The highest BCUT2D eigenvalue weighted by Crippen LogP contribution is 2.62. The predicted octanol–water partition coefficient (Wildman–Crippen LogP) is 12.7. The molecule has 0 saturated carbocycles. The summed E-state index contributed by atoms with van der Waals surface area (Å²) in [5.41, 5.74) is 12.5. The number of hydrogen-bond donors (Lipinski definition) is 0. The van der Waals surface area contributed by atoms with Crippen LogP contribution in [0.25, 0.3) is 22.3 Å². The summed E-state index contributed by atoms with van der Waals surface area (Å²) in [6, 6.07) is 22.1. The van der Waals surface area contributed by atoms with Crippen LogP contribution in [0.1, 0.15) is 129 Å². The molecule has 4 unspecified atom stereocenters. The minimum absolute atomic E-state index is 0.0575. The molecule has 1 heteroatoms. The maximum atomic E-state index is 3.89. The third-order valence-electron chi connectivity index (χ3n) is 11.3.